The standard InChI is InChI=1S/C16H25N5O2/c1-16(2,3)23-15(22)19-14-12(10-18-21(14)5)9-17-11-13-7-6-8-20(13)4/h6-8,10,17H,9,11H2,1-5H3,(H,19,22). The molecule has 2 N–H and O–H groups in total. The average Bonchev–Trinajstić information content (AvgIpc) is 2.97. The van der Waals surface area contributed by atoms with E-state index >= 15 is 0 Å². The van der Waals surface area contributed by atoms with Crippen LogP contribution in [0.1, 0.15) is 32.0 Å². The van der Waals surface area contributed by atoms with E-state index in [1.54, 1.807) is 17.9 Å². The molecule has 0 atom stereocenters. The lowest BCUT2D eigenvalue weighted by molar-refractivity contribution is 0.0634. The lowest BCUT2D eigenvalue weighted by Crippen LogP contribution is -2.28. The van der Waals surface area contributed by atoms with Gasteiger partial charge < -0.3 is 14.6 Å². The number of hydrogen-bond acceptors (Lipinski definition) is 4. The van der Waals surface area contributed by atoms with Gasteiger partial charge in [-0.2, -0.15) is 5.10 Å². The maximum Gasteiger partial charge on any atom is 0.413 e. The summed E-state index contributed by atoms with van der Waals surface area (Å²) in [6.45, 7) is 6.84. The predicted octanol–water partition coefficient (Wildman–Crippen LogP) is 2.40. The first-order chi connectivity index (χ1) is 10.8. The Hall–Kier alpha value is -2.28. The number of ether oxygens (including phenoxy) is 1. The summed E-state index contributed by atoms with van der Waals surface area (Å²) in [6, 6.07) is 4.08. The average molecular weight is 319 g/mol. The molecule has 0 unspecified atom stereocenters. The Balaban J connectivity index is 1.95. The molecule has 0 aliphatic rings. The van der Waals surface area contributed by atoms with Crippen molar-refractivity contribution in [1.82, 2.24) is 19.7 Å². The van der Waals surface area contributed by atoms with Gasteiger partial charge >= 0.3 is 6.09 Å². The van der Waals surface area contributed by atoms with E-state index in [-0.39, 0.29) is 0 Å². The summed E-state index contributed by atoms with van der Waals surface area (Å²) in [5.74, 6) is 0.638. The van der Waals surface area contributed by atoms with Crippen LogP contribution in [-0.4, -0.2) is 26.0 Å². The second-order valence-corrected chi connectivity index (χ2v) is 6.48. The zero-order valence-electron chi connectivity index (χ0n) is 14.4. The highest BCUT2D eigenvalue weighted by atomic mass is 16.6. The van der Waals surface area contributed by atoms with Crippen molar-refractivity contribution >= 4 is 11.9 Å². The zero-order chi connectivity index (χ0) is 17.0. The summed E-state index contributed by atoms with van der Waals surface area (Å²) in [4.78, 5) is 11.9. The highest BCUT2D eigenvalue weighted by Gasteiger charge is 2.18. The predicted molar refractivity (Wildman–Crippen MR) is 89.0 cm³/mol. The molecule has 0 aliphatic carbocycles. The number of hydrogen-bond donors (Lipinski definition) is 2. The highest BCUT2D eigenvalue weighted by molar-refractivity contribution is 5.84. The summed E-state index contributed by atoms with van der Waals surface area (Å²) >= 11 is 0. The summed E-state index contributed by atoms with van der Waals surface area (Å²) in [5, 5.41) is 10.3. The van der Waals surface area contributed by atoms with E-state index in [4.69, 9.17) is 4.74 Å². The van der Waals surface area contributed by atoms with E-state index in [9.17, 15) is 4.79 Å². The van der Waals surface area contributed by atoms with Gasteiger partial charge in [0.1, 0.15) is 11.4 Å². The lowest BCUT2D eigenvalue weighted by Gasteiger charge is -2.20. The molecule has 2 rings (SSSR count). The Morgan fingerprint density at radius 2 is 2.04 bits per heavy atom. The van der Waals surface area contributed by atoms with Crippen molar-refractivity contribution in [1.29, 1.82) is 0 Å². The number of nitrogens with one attached hydrogen (secondary N) is 2. The number of aromatic nitrogens is 3. The molecule has 0 bridgehead atoms. The van der Waals surface area contributed by atoms with Crippen LogP contribution in [0.25, 0.3) is 0 Å². The van der Waals surface area contributed by atoms with Gasteiger partial charge in [0.15, 0.2) is 0 Å². The molecule has 2 heterocycles. The van der Waals surface area contributed by atoms with E-state index in [0.29, 0.717) is 12.4 Å². The van der Waals surface area contributed by atoms with Gasteiger partial charge in [-0.25, -0.2) is 4.79 Å². The van der Waals surface area contributed by atoms with Gasteiger partial charge in [0.2, 0.25) is 0 Å². The van der Waals surface area contributed by atoms with E-state index < -0.39 is 11.7 Å². The molecule has 23 heavy (non-hydrogen) atoms. The molecule has 0 aromatic carbocycles. The molecule has 0 saturated carbocycles. The van der Waals surface area contributed by atoms with Gasteiger partial charge in [-0.1, -0.05) is 0 Å². The Bertz CT molecular complexity index is 666. The van der Waals surface area contributed by atoms with Crippen LogP contribution in [0.2, 0.25) is 0 Å². The van der Waals surface area contributed by atoms with E-state index in [0.717, 1.165) is 12.1 Å². The monoisotopic (exact) mass is 319 g/mol. The SMILES string of the molecule is Cn1cccc1CNCc1cnn(C)c1NC(=O)OC(C)(C)C. The van der Waals surface area contributed by atoms with Crippen LogP contribution < -0.4 is 10.6 Å². The molecule has 0 fully saturated rings. The van der Waals surface area contributed by atoms with Gasteiger partial charge in [-0.3, -0.25) is 10.00 Å². The third-order valence-electron chi connectivity index (χ3n) is 3.31. The smallest absolute Gasteiger partial charge is 0.413 e. The normalized spacial score (nSPS) is 11.5. The van der Waals surface area contributed by atoms with Gasteiger partial charge in [0.05, 0.1) is 6.20 Å². The molecule has 7 nitrogen and oxygen atoms in total. The third kappa shape index (κ3) is 4.85. The molecule has 126 valence electrons. The van der Waals surface area contributed by atoms with Crippen molar-refractivity contribution in [3.05, 3.63) is 35.8 Å². The first-order valence-corrected chi connectivity index (χ1v) is 7.58. The van der Waals surface area contributed by atoms with Crippen molar-refractivity contribution in [3.63, 3.8) is 0 Å². The van der Waals surface area contributed by atoms with Crippen molar-refractivity contribution in [3.8, 4) is 0 Å². The molecular formula is C16H25N5O2. The number of nitrogens with zero attached hydrogens (tertiary/aromatic N) is 3. The van der Waals surface area contributed by atoms with Crippen LogP contribution in [0.4, 0.5) is 10.6 Å². The number of carbonyl (C=O) groups excluding carboxylic acids is 1. The lowest BCUT2D eigenvalue weighted by atomic mass is 10.2. The fourth-order valence-electron chi connectivity index (χ4n) is 2.18. The first-order valence-electron chi connectivity index (χ1n) is 7.58. The summed E-state index contributed by atoms with van der Waals surface area (Å²) < 4.78 is 8.98. The fraction of sp³-hybridized carbons (Fsp3) is 0.500. The van der Waals surface area contributed by atoms with Gasteiger partial charge in [0, 0.05) is 44.6 Å². The Morgan fingerprint density at radius 3 is 2.65 bits per heavy atom. The highest BCUT2D eigenvalue weighted by Crippen LogP contribution is 2.16. The van der Waals surface area contributed by atoms with Gasteiger partial charge in [0.25, 0.3) is 0 Å². The number of aryl methyl sites for hydroxylation is 2. The maximum atomic E-state index is 11.9. The fourth-order valence-corrected chi connectivity index (χ4v) is 2.18. The van der Waals surface area contributed by atoms with Crippen molar-refractivity contribution < 1.29 is 9.53 Å². The van der Waals surface area contributed by atoms with Crippen LogP contribution >= 0.6 is 0 Å². The van der Waals surface area contributed by atoms with Gasteiger partial charge in [-0.15, -0.1) is 0 Å². The van der Waals surface area contributed by atoms with Crippen molar-refractivity contribution in [2.45, 2.75) is 39.5 Å². The van der Waals surface area contributed by atoms with E-state index in [1.165, 1.54) is 5.69 Å². The molecular weight excluding hydrogens is 294 g/mol. The number of rotatable bonds is 5. The van der Waals surface area contributed by atoms with Crippen molar-refractivity contribution in [2.75, 3.05) is 5.32 Å². The van der Waals surface area contributed by atoms with Crippen molar-refractivity contribution in [2.24, 2.45) is 14.1 Å². The number of anilines is 1. The Labute approximate surface area is 136 Å². The molecule has 0 spiro atoms. The number of carbonyl (C=O) groups is 1. The molecule has 0 aliphatic heterocycles. The third-order valence-corrected chi connectivity index (χ3v) is 3.31. The second-order valence-electron chi connectivity index (χ2n) is 6.48. The van der Waals surface area contributed by atoms with Gasteiger partial charge in [-0.05, 0) is 32.9 Å². The molecule has 0 radical (unpaired) electrons. The zero-order valence-corrected chi connectivity index (χ0v) is 14.4. The molecule has 0 saturated heterocycles. The van der Waals surface area contributed by atoms with Crippen LogP contribution in [-0.2, 0) is 31.9 Å². The largest absolute Gasteiger partial charge is 0.444 e. The van der Waals surface area contributed by atoms with Crippen LogP contribution in [0.3, 0.4) is 0 Å². The maximum absolute atomic E-state index is 11.9. The quantitative estimate of drug-likeness (QED) is 0.887. The number of amides is 1. The topological polar surface area (TPSA) is 73.1 Å². The van der Waals surface area contributed by atoms with Crippen LogP contribution in [0, 0.1) is 0 Å². The molecule has 1 amide bonds. The molecule has 7 heteroatoms. The molecule has 2 aromatic heterocycles. The minimum absolute atomic E-state index is 0.482. The minimum Gasteiger partial charge on any atom is -0.444 e. The Kier molecular flexibility index (Phi) is 5.10. The van der Waals surface area contributed by atoms with E-state index in [1.807, 2.05) is 40.1 Å². The summed E-state index contributed by atoms with van der Waals surface area (Å²) in [5.41, 5.74) is 1.57. The Morgan fingerprint density at radius 1 is 1.30 bits per heavy atom. The van der Waals surface area contributed by atoms with Crippen LogP contribution in [0.15, 0.2) is 24.5 Å². The van der Waals surface area contributed by atoms with E-state index in [2.05, 4.69) is 26.4 Å². The first kappa shape index (κ1) is 17.1. The van der Waals surface area contributed by atoms with Crippen LogP contribution in [0.5, 0.6) is 0 Å². The summed E-state index contributed by atoms with van der Waals surface area (Å²) in [7, 11) is 3.80. The minimum atomic E-state index is -0.534. The molecule has 2 aromatic rings. The summed E-state index contributed by atoms with van der Waals surface area (Å²) in [6.07, 6.45) is 3.27. The second kappa shape index (κ2) is 6.87.